The Labute approximate surface area is 155 Å². The molecule has 0 aliphatic rings. The smallest absolute Gasteiger partial charge is 0.328 e. The summed E-state index contributed by atoms with van der Waals surface area (Å²) in [5, 5.41) is 3.40. The molecule has 0 saturated heterocycles. The van der Waals surface area contributed by atoms with Crippen LogP contribution in [0.4, 0.5) is 5.69 Å². The maximum atomic E-state index is 12.6. The van der Waals surface area contributed by atoms with Crippen molar-refractivity contribution in [2.75, 3.05) is 5.32 Å². The number of fused-ring (bicyclic) bond motifs is 1. The number of hydrogen-bond donors (Lipinski definition) is 1. The van der Waals surface area contributed by atoms with Gasteiger partial charge in [-0.05, 0) is 42.8 Å². The van der Waals surface area contributed by atoms with E-state index in [1.807, 2.05) is 13.0 Å². The zero-order chi connectivity index (χ0) is 18.8. The molecule has 0 aliphatic heterocycles. The van der Waals surface area contributed by atoms with Gasteiger partial charge in [0, 0.05) is 24.8 Å². The monoisotopic (exact) mass is 373 g/mol. The lowest BCUT2D eigenvalue weighted by Gasteiger charge is -2.17. The van der Waals surface area contributed by atoms with E-state index in [4.69, 9.17) is 16.3 Å². The molecule has 3 rings (SSSR count). The number of benzene rings is 2. The molecule has 136 valence electrons. The number of carbonyl (C=O) groups is 1. The molecule has 0 unspecified atom stereocenters. The van der Waals surface area contributed by atoms with E-state index in [0.717, 1.165) is 11.0 Å². The fourth-order valence-electron chi connectivity index (χ4n) is 2.83. The van der Waals surface area contributed by atoms with Crippen LogP contribution in [-0.4, -0.2) is 21.1 Å². The summed E-state index contributed by atoms with van der Waals surface area (Å²) in [6.45, 7) is 1.87. The number of hydrogen-bond acceptors (Lipinski definition) is 3. The number of rotatable bonds is 5. The summed E-state index contributed by atoms with van der Waals surface area (Å²) in [7, 11) is 3.42. The van der Waals surface area contributed by atoms with Gasteiger partial charge in [-0.3, -0.25) is 13.9 Å². The van der Waals surface area contributed by atoms with Crippen molar-refractivity contribution < 1.29 is 9.53 Å². The standard InChI is InChI=1S/C19H20ClN3O3/c1-4-17(26-14-7-5-6-12(20)10-14)18(24)21-13-8-9-15-16(11-13)23(3)19(25)22(15)2/h5-11,17H,4H2,1-3H3,(H,21,24)/t17-/m1/s1. The summed E-state index contributed by atoms with van der Waals surface area (Å²) in [6.07, 6.45) is -0.145. The van der Waals surface area contributed by atoms with Crippen molar-refractivity contribution in [3.63, 3.8) is 0 Å². The number of aryl methyl sites for hydroxylation is 2. The summed E-state index contributed by atoms with van der Waals surface area (Å²) < 4.78 is 8.87. The fourth-order valence-corrected chi connectivity index (χ4v) is 3.01. The zero-order valence-corrected chi connectivity index (χ0v) is 15.6. The highest BCUT2D eigenvalue weighted by molar-refractivity contribution is 6.30. The zero-order valence-electron chi connectivity index (χ0n) is 14.8. The van der Waals surface area contributed by atoms with Crippen molar-refractivity contribution in [1.82, 2.24) is 9.13 Å². The van der Waals surface area contributed by atoms with E-state index >= 15 is 0 Å². The lowest BCUT2D eigenvalue weighted by molar-refractivity contribution is -0.122. The van der Waals surface area contributed by atoms with Gasteiger partial charge in [0.05, 0.1) is 11.0 Å². The molecule has 0 saturated carbocycles. The molecule has 1 heterocycles. The van der Waals surface area contributed by atoms with Gasteiger partial charge < -0.3 is 10.1 Å². The predicted molar refractivity (Wildman–Crippen MR) is 103 cm³/mol. The Hall–Kier alpha value is -2.73. The normalized spacial score (nSPS) is 12.2. The summed E-state index contributed by atoms with van der Waals surface area (Å²) in [6, 6.07) is 12.3. The Morgan fingerprint density at radius 1 is 1.15 bits per heavy atom. The highest BCUT2D eigenvalue weighted by Gasteiger charge is 2.19. The van der Waals surface area contributed by atoms with Gasteiger partial charge in [-0.15, -0.1) is 0 Å². The number of aromatic nitrogens is 2. The van der Waals surface area contributed by atoms with Crippen LogP contribution < -0.4 is 15.7 Å². The molecule has 0 radical (unpaired) electrons. The van der Waals surface area contributed by atoms with Crippen LogP contribution in [0.25, 0.3) is 11.0 Å². The maximum absolute atomic E-state index is 12.6. The van der Waals surface area contributed by atoms with Crippen molar-refractivity contribution in [2.45, 2.75) is 19.4 Å². The first kappa shape index (κ1) is 18.1. The minimum atomic E-state index is -0.649. The highest BCUT2D eigenvalue weighted by Crippen LogP contribution is 2.21. The number of ether oxygens (including phenoxy) is 1. The molecule has 0 bridgehead atoms. The third-order valence-electron chi connectivity index (χ3n) is 4.28. The maximum Gasteiger partial charge on any atom is 0.328 e. The topological polar surface area (TPSA) is 65.3 Å². The third kappa shape index (κ3) is 3.46. The summed E-state index contributed by atoms with van der Waals surface area (Å²) in [5.74, 6) is 0.285. The van der Waals surface area contributed by atoms with Crippen LogP contribution in [0.3, 0.4) is 0 Å². The first-order valence-electron chi connectivity index (χ1n) is 8.29. The predicted octanol–water partition coefficient (Wildman–Crippen LogP) is 3.33. The van der Waals surface area contributed by atoms with Crippen molar-refractivity contribution in [2.24, 2.45) is 14.1 Å². The fraction of sp³-hybridized carbons (Fsp3) is 0.263. The van der Waals surface area contributed by atoms with Crippen LogP contribution in [0, 0.1) is 0 Å². The average molecular weight is 374 g/mol. The second-order valence-electron chi connectivity index (χ2n) is 6.07. The van der Waals surface area contributed by atoms with Gasteiger partial charge >= 0.3 is 5.69 Å². The van der Waals surface area contributed by atoms with E-state index < -0.39 is 6.10 Å². The number of nitrogens with one attached hydrogen (secondary N) is 1. The summed E-state index contributed by atoms with van der Waals surface area (Å²) in [4.78, 5) is 24.6. The molecular formula is C19H20ClN3O3. The Morgan fingerprint density at radius 3 is 2.58 bits per heavy atom. The molecule has 0 spiro atoms. The summed E-state index contributed by atoms with van der Waals surface area (Å²) >= 11 is 5.96. The van der Waals surface area contributed by atoms with E-state index in [-0.39, 0.29) is 11.6 Å². The minimum Gasteiger partial charge on any atom is -0.481 e. The molecule has 0 fully saturated rings. The average Bonchev–Trinajstić information content (AvgIpc) is 2.84. The molecule has 0 aliphatic carbocycles. The van der Waals surface area contributed by atoms with E-state index in [9.17, 15) is 9.59 Å². The number of anilines is 1. The Balaban J connectivity index is 1.80. The van der Waals surface area contributed by atoms with E-state index in [1.165, 1.54) is 0 Å². The number of amides is 1. The molecule has 1 aromatic heterocycles. The van der Waals surface area contributed by atoms with Crippen molar-refractivity contribution in [1.29, 1.82) is 0 Å². The molecule has 7 heteroatoms. The van der Waals surface area contributed by atoms with E-state index in [2.05, 4.69) is 5.32 Å². The lowest BCUT2D eigenvalue weighted by atomic mass is 10.2. The minimum absolute atomic E-state index is 0.112. The van der Waals surface area contributed by atoms with Gasteiger partial charge in [-0.25, -0.2) is 4.79 Å². The number of imidazole rings is 1. The Kier molecular flexibility index (Phi) is 5.04. The van der Waals surface area contributed by atoms with Gasteiger partial charge in [-0.1, -0.05) is 24.6 Å². The number of halogens is 1. The van der Waals surface area contributed by atoms with Crippen LogP contribution in [0.15, 0.2) is 47.3 Å². The highest BCUT2D eigenvalue weighted by atomic mass is 35.5. The van der Waals surface area contributed by atoms with Crippen LogP contribution in [-0.2, 0) is 18.9 Å². The third-order valence-corrected chi connectivity index (χ3v) is 4.51. The molecule has 6 nitrogen and oxygen atoms in total. The Morgan fingerprint density at radius 2 is 1.88 bits per heavy atom. The quantitative estimate of drug-likeness (QED) is 0.746. The summed E-state index contributed by atoms with van der Waals surface area (Å²) in [5.41, 5.74) is 2.05. The van der Waals surface area contributed by atoms with E-state index in [0.29, 0.717) is 22.9 Å². The van der Waals surface area contributed by atoms with E-state index in [1.54, 1.807) is 59.6 Å². The molecule has 1 atom stereocenters. The van der Waals surface area contributed by atoms with Gasteiger partial charge in [0.2, 0.25) is 0 Å². The SMILES string of the molecule is CC[C@@H](Oc1cccc(Cl)c1)C(=O)Nc1ccc2c(c1)n(C)c(=O)n2C. The van der Waals surface area contributed by atoms with Crippen molar-refractivity contribution in [3.05, 3.63) is 58.0 Å². The van der Waals surface area contributed by atoms with Crippen LogP contribution in [0.5, 0.6) is 5.75 Å². The van der Waals surface area contributed by atoms with Crippen molar-refractivity contribution in [3.8, 4) is 5.75 Å². The van der Waals surface area contributed by atoms with Crippen LogP contribution >= 0.6 is 11.6 Å². The van der Waals surface area contributed by atoms with Gasteiger partial charge in [-0.2, -0.15) is 0 Å². The van der Waals surface area contributed by atoms with Gasteiger partial charge in [0.15, 0.2) is 6.10 Å². The first-order chi connectivity index (χ1) is 12.4. The molecule has 3 aromatic rings. The second-order valence-corrected chi connectivity index (χ2v) is 6.50. The molecule has 1 N–H and O–H groups in total. The number of carbonyl (C=O) groups excluding carboxylic acids is 1. The largest absolute Gasteiger partial charge is 0.481 e. The van der Waals surface area contributed by atoms with Crippen LogP contribution in [0.1, 0.15) is 13.3 Å². The first-order valence-corrected chi connectivity index (χ1v) is 8.67. The molecular weight excluding hydrogens is 354 g/mol. The Bertz CT molecular complexity index is 1020. The lowest BCUT2D eigenvalue weighted by Crippen LogP contribution is -2.32. The van der Waals surface area contributed by atoms with Gasteiger partial charge in [0.1, 0.15) is 5.75 Å². The van der Waals surface area contributed by atoms with Crippen molar-refractivity contribution >= 4 is 34.2 Å². The molecule has 26 heavy (non-hydrogen) atoms. The molecule has 1 amide bonds. The van der Waals surface area contributed by atoms with Crippen LogP contribution in [0.2, 0.25) is 5.02 Å². The second kappa shape index (κ2) is 7.25. The molecule has 2 aromatic carbocycles. The van der Waals surface area contributed by atoms with Gasteiger partial charge in [0.25, 0.3) is 5.91 Å². The number of nitrogens with zero attached hydrogens (tertiary/aromatic N) is 2.